The first-order chi connectivity index (χ1) is 11.7. The number of nitrogens with one attached hydrogen (secondary N) is 2. The topological polar surface area (TPSA) is 78.8 Å². The van der Waals surface area contributed by atoms with Gasteiger partial charge in [0.1, 0.15) is 17.6 Å². The molecule has 0 aliphatic carbocycles. The Morgan fingerprint density at radius 1 is 1.38 bits per heavy atom. The molecule has 3 rings (SSSR count). The predicted molar refractivity (Wildman–Crippen MR) is 87.5 cm³/mol. The van der Waals surface area contributed by atoms with E-state index in [9.17, 15) is 9.59 Å². The molecule has 0 radical (unpaired) electrons. The summed E-state index contributed by atoms with van der Waals surface area (Å²) in [6, 6.07) is 0. The standard InChI is InChI=1S/C15H22N4O4S/c1-22-13(20)9-12-14(21)19-11-18(10-16-15(19)24-12)4-2-3-17-5-7-23-8-6-17/h9H,2-8,10-11H2,1H3/p+2/b12-9+. The van der Waals surface area contributed by atoms with Crippen LogP contribution in [0.2, 0.25) is 0 Å². The first-order valence-corrected chi connectivity index (χ1v) is 9.07. The van der Waals surface area contributed by atoms with Gasteiger partial charge >= 0.3 is 5.97 Å². The van der Waals surface area contributed by atoms with Crippen LogP contribution in [0.25, 0.3) is 6.08 Å². The van der Waals surface area contributed by atoms with Crippen molar-refractivity contribution in [2.24, 2.45) is 4.99 Å². The number of quaternary nitrogens is 2. The number of hydrogen-bond acceptors (Lipinski definition) is 6. The van der Waals surface area contributed by atoms with E-state index < -0.39 is 5.97 Å². The van der Waals surface area contributed by atoms with Crippen LogP contribution in [-0.2, 0) is 20.9 Å². The molecule has 9 heteroatoms. The van der Waals surface area contributed by atoms with Crippen LogP contribution in [0.1, 0.15) is 6.42 Å². The van der Waals surface area contributed by atoms with Crippen LogP contribution in [0, 0.1) is 0 Å². The largest absolute Gasteiger partial charge is 0.466 e. The van der Waals surface area contributed by atoms with Crippen LogP contribution in [-0.4, -0.2) is 63.7 Å². The Morgan fingerprint density at radius 2 is 2.12 bits per heavy atom. The van der Waals surface area contributed by atoms with Crippen molar-refractivity contribution in [2.45, 2.75) is 13.1 Å². The first-order valence-electron chi connectivity index (χ1n) is 8.26. The minimum Gasteiger partial charge on any atom is -0.466 e. The number of ether oxygens (including phenoxy) is 2. The second-order valence-corrected chi connectivity index (χ2v) is 7.10. The summed E-state index contributed by atoms with van der Waals surface area (Å²) in [7, 11) is 1.30. The monoisotopic (exact) mass is 356 g/mol. The van der Waals surface area contributed by atoms with E-state index in [4.69, 9.17) is 4.74 Å². The molecule has 2 aliphatic rings. The Balaban J connectivity index is 1.59. The van der Waals surface area contributed by atoms with Gasteiger partial charge in [0.2, 0.25) is 0 Å². The fourth-order valence-electron chi connectivity index (χ4n) is 3.04. The molecule has 8 nitrogen and oxygen atoms in total. The number of rotatable bonds is 5. The molecule has 1 unspecified atom stereocenters. The van der Waals surface area contributed by atoms with Gasteiger partial charge in [-0.3, -0.25) is 9.69 Å². The zero-order chi connectivity index (χ0) is 16.9. The molecule has 1 atom stereocenters. The van der Waals surface area contributed by atoms with Crippen LogP contribution < -0.4 is 24.7 Å². The van der Waals surface area contributed by atoms with Crippen molar-refractivity contribution >= 4 is 23.4 Å². The Morgan fingerprint density at radius 3 is 2.88 bits per heavy atom. The maximum Gasteiger partial charge on any atom is 0.332 e. The van der Waals surface area contributed by atoms with Crippen LogP contribution in [0.5, 0.6) is 0 Å². The minimum atomic E-state index is -0.510. The Kier molecular flexibility index (Phi) is 5.77. The minimum absolute atomic E-state index is 0.153. The molecule has 0 amide bonds. The van der Waals surface area contributed by atoms with Gasteiger partial charge in [-0.15, -0.1) is 0 Å². The molecule has 132 valence electrons. The maximum atomic E-state index is 12.4. The number of carbonyl (C=O) groups is 1. The predicted octanol–water partition coefficient (Wildman–Crippen LogP) is -4.40. The van der Waals surface area contributed by atoms with Gasteiger partial charge < -0.3 is 14.4 Å². The Hall–Kier alpha value is -1.55. The normalized spacial score (nSPS) is 22.0. The summed E-state index contributed by atoms with van der Waals surface area (Å²) < 4.78 is 12.0. The third-order valence-corrected chi connectivity index (χ3v) is 5.46. The summed E-state index contributed by atoms with van der Waals surface area (Å²) >= 11 is 1.25. The van der Waals surface area contributed by atoms with E-state index in [1.807, 2.05) is 0 Å². The molecule has 0 aromatic carbocycles. The second kappa shape index (κ2) is 8.02. The molecule has 1 fully saturated rings. The van der Waals surface area contributed by atoms with Crippen molar-refractivity contribution in [1.29, 1.82) is 0 Å². The number of thiazole rings is 1. The maximum absolute atomic E-state index is 12.4. The van der Waals surface area contributed by atoms with Gasteiger partial charge in [0.05, 0.1) is 33.4 Å². The average molecular weight is 356 g/mol. The highest BCUT2D eigenvalue weighted by molar-refractivity contribution is 7.07. The van der Waals surface area contributed by atoms with Gasteiger partial charge in [-0.2, -0.15) is 0 Å². The van der Waals surface area contributed by atoms with Gasteiger partial charge in [0.15, 0.2) is 18.1 Å². The Labute approximate surface area is 143 Å². The van der Waals surface area contributed by atoms with Crippen molar-refractivity contribution in [1.82, 2.24) is 4.57 Å². The molecule has 1 aromatic heterocycles. The number of fused-ring (bicyclic) bond motifs is 1. The smallest absolute Gasteiger partial charge is 0.332 e. The molecule has 0 spiro atoms. The molecule has 2 N–H and O–H groups in total. The lowest BCUT2D eigenvalue weighted by atomic mass is 10.3. The van der Waals surface area contributed by atoms with E-state index >= 15 is 0 Å². The zero-order valence-electron chi connectivity index (χ0n) is 13.9. The molecule has 3 heterocycles. The summed E-state index contributed by atoms with van der Waals surface area (Å²) in [6.07, 6.45) is 2.35. The lowest BCUT2D eigenvalue weighted by Gasteiger charge is -2.25. The van der Waals surface area contributed by atoms with E-state index in [2.05, 4.69) is 9.73 Å². The van der Waals surface area contributed by atoms with Gasteiger partial charge in [-0.25, -0.2) is 14.4 Å². The summed E-state index contributed by atoms with van der Waals surface area (Å²) in [5.74, 6) is -0.510. The molecule has 1 aromatic rings. The summed E-state index contributed by atoms with van der Waals surface area (Å²) in [5, 5.41) is 0. The van der Waals surface area contributed by atoms with Gasteiger partial charge in [-0.1, -0.05) is 11.3 Å². The van der Waals surface area contributed by atoms with Crippen molar-refractivity contribution in [3.05, 3.63) is 19.7 Å². The van der Waals surface area contributed by atoms with Crippen molar-refractivity contribution < 1.29 is 24.1 Å². The van der Waals surface area contributed by atoms with Crippen molar-refractivity contribution in [3.63, 3.8) is 0 Å². The second-order valence-electron chi connectivity index (χ2n) is 6.09. The summed E-state index contributed by atoms with van der Waals surface area (Å²) in [4.78, 5) is 31.8. The fourth-order valence-corrected chi connectivity index (χ4v) is 3.98. The van der Waals surface area contributed by atoms with Crippen LogP contribution >= 0.6 is 11.3 Å². The van der Waals surface area contributed by atoms with E-state index in [0.717, 1.165) is 45.8 Å². The molecule has 2 aliphatic heterocycles. The lowest BCUT2D eigenvalue weighted by molar-refractivity contribution is -0.937. The van der Waals surface area contributed by atoms with E-state index in [1.54, 1.807) is 9.47 Å². The number of morpholine rings is 1. The zero-order valence-corrected chi connectivity index (χ0v) is 14.7. The molecule has 0 bridgehead atoms. The van der Waals surface area contributed by atoms with Crippen LogP contribution in [0.4, 0.5) is 0 Å². The number of esters is 1. The van der Waals surface area contributed by atoms with E-state index in [-0.39, 0.29) is 5.56 Å². The van der Waals surface area contributed by atoms with Crippen LogP contribution in [0.15, 0.2) is 9.79 Å². The highest BCUT2D eigenvalue weighted by Gasteiger charge is 2.20. The molecule has 1 saturated heterocycles. The first kappa shape index (κ1) is 17.3. The third-order valence-electron chi connectivity index (χ3n) is 4.42. The number of nitrogens with zero attached hydrogens (tertiary/aromatic N) is 2. The van der Waals surface area contributed by atoms with E-state index in [1.165, 1.54) is 29.4 Å². The summed E-state index contributed by atoms with van der Waals surface area (Å²) in [6.45, 7) is 7.30. The Bertz CT molecular complexity index is 751. The number of methoxy groups -OCH3 is 1. The molecular weight excluding hydrogens is 332 g/mol. The quantitative estimate of drug-likeness (QED) is 0.523. The lowest BCUT2D eigenvalue weighted by Crippen LogP contribution is -3.16. The highest BCUT2D eigenvalue weighted by atomic mass is 32.1. The fraction of sp³-hybridized carbons (Fsp3) is 0.667. The summed E-state index contributed by atoms with van der Waals surface area (Å²) in [5.41, 5.74) is -0.153. The molecule has 24 heavy (non-hydrogen) atoms. The SMILES string of the molecule is COC(=O)/C=c1/sc2n(c1=O)C[NH+](CCC[NH+]1CCOCC1)CN=2. The number of hydrogen-bond donors (Lipinski definition) is 2. The average Bonchev–Trinajstić information content (AvgIpc) is 2.91. The van der Waals surface area contributed by atoms with Gasteiger partial charge in [0.25, 0.3) is 5.56 Å². The van der Waals surface area contributed by atoms with Gasteiger partial charge in [-0.05, 0) is 0 Å². The number of carbonyl (C=O) groups excluding carboxylic acids is 1. The van der Waals surface area contributed by atoms with Gasteiger partial charge in [0, 0.05) is 12.5 Å². The highest BCUT2D eigenvalue weighted by Crippen LogP contribution is 1.82. The van der Waals surface area contributed by atoms with Crippen molar-refractivity contribution in [3.8, 4) is 0 Å². The van der Waals surface area contributed by atoms with E-state index in [0.29, 0.717) is 22.7 Å². The van der Waals surface area contributed by atoms with Crippen LogP contribution in [0.3, 0.4) is 0 Å². The third kappa shape index (κ3) is 4.10. The number of aromatic nitrogens is 1. The molecular formula is C15H24N4O4S+2. The van der Waals surface area contributed by atoms with Crippen molar-refractivity contribution in [2.75, 3.05) is 53.2 Å². The molecule has 0 saturated carbocycles.